The summed E-state index contributed by atoms with van der Waals surface area (Å²) in [7, 11) is 0. The average Bonchev–Trinajstić information content (AvgIpc) is 2.71. The highest BCUT2D eigenvalue weighted by Gasteiger charge is 2.27. The highest BCUT2D eigenvalue weighted by molar-refractivity contribution is 5.92. The molecule has 1 aromatic carbocycles. The summed E-state index contributed by atoms with van der Waals surface area (Å²) in [6, 6.07) is 10.7. The van der Waals surface area contributed by atoms with E-state index in [1.54, 1.807) is 12.1 Å². The molecule has 2 aliphatic carbocycles. The maximum absolute atomic E-state index is 11.2. The number of nitrogens with two attached hydrogens (primary N) is 1. The van der Waals surface area contributed by atoms with Crippen LogP contribution in [-0.2, 0) is 6.42 Å². The summed E-state index contributed by atoms with van der Waals surface area (Å²) in [5, 5.41) is 3.92. The molecule has 0 aliphatic heterocycles. The number of pyridine rings is 1. The molecule has 28 heavy (non-hydrogen) atoms. The molecule has 2 aromatic rings. The van der Waals surface area contributed by atoms with Crippen LogP contribution in [0.3, 0.4) is 0 Å². The van der Waals surface area contributed by atoms with E-state index in [0.29, 0.717) is 23.5 Å². The van der Waals surface area contributed by atoms with Gasteiger partial charge in [-0.15, -0.1) is 0 Å². The van der Waals surface area contributed by atoms with Crippen LogP contribution >= 0.6 is 0 Å². The first-order chi connectivity index (χ1) is 13.6. The predicted octanol–water partition coefficient (Wildman–Crippen LogP) is 4.52. The van der Waals surface area contributed by atoms with Crippen LogP contribution in [-0.4, -0.2) is 16.9 Å². The number of benzene rings is 1. The van der Waals surface area contributed by atoms with Crippen molar-refractivity contribution in [3.05, 3.63) is 53.2 Å². The minimum absolute atomic E-state index is 0.383. The molecule has 1 heterocycles. The molecule has 1 saturated carbocycles. The highest BCUT2D eigenvalue weighted by Crippen LogP contribution is 2.38. The molecule has 0 bridgehead atoms. The molecule has 0 radical (unpaired) electrons. The van der Waals surface area contributed by atoms with Gasteiger partial charge in [0.1, 0.15) is 5.75 Å². The molecule has 2 aliphatic rings. The van der Waals surface area contributed by atoms with Gasteiger partial charge < -0.3 is 15.8 Å². The summed E-state index contributed by atoms with van der Waals surface area (Å²) in [6.45, 7) is 2.36. The van der Waals surface area contributed by atoms with E-state index in [1.165, 1.54) is 49.4 Å². The van der Waals surface area contributed by atoms with Crippen LogP contribution in [0.4, 0.5) is 0 Å². The smallest absolute Gasteiger partial charge is 0.250 e. The van der Waals surface area contributed by atoms with Gasteiger partial charge in [0.25, 0.3) is 0 Å². The lowest BCUT2D eigenvalue weighted by Crippen LogP contribution is -2.37. The number of ether oxygens (including phenoxy) is 1. The summed E-state index contributed by atoms with van der Waals surface area (Å²) in [5.41, 5.74) is 8.30. The third-order valence-electron chi connectivity index (χ3n) is 6.15. The third-order valence-corrected chi connectivity index (χ3v) is 6.15. The van der Waals surface area contributed by atoms with Crippen LogP contribution in [0.5, 0.6) is 11.6 Å². The van der Waals surface area contributed by atoms with Crippen molar-refractivity contribution in [1.29, 1.82) is 0 Å². The Kier molecular flexibility index (Phi) is 5.62. The number of rotatable bonds is 5. The SMILES string of the molecule is CC1CCC(NC2CCCc3c(Oc4ccc(C(N)=O)cn4)cccc32)CC1. The Labute approximate surface area is 166 Å². The number of nitrogens with zero attached hydrogens (tertiary/aromatic N) is 1. The van der Waals surface area contributed by atoms with Gasteiger partial charge in [-0.2, -0.15) is 0 Å². The molecule has 0 spiro atoms. The largest absolute Gasteiger partial charge is 0.439 e. The fourth-order valence-electron chi connectivity index (χ4n) is 4.49. The number of fused-ring (bicyclic) bond motifs is 1. The van der Waals surface area contributed by atoms with Crippen LogP contribution < -0.4 is 15.8 Å². The lowest BCUT2D eigenvalue weighted by atomic mass is 9.83. The molecule has 148 valence electrons. The van der Waals surface area contributed by atoms with Gasteiger partial charge in [0.05, 0.1) is 5.56 Å². The number of carbonyl (C=O) groups excluding carboxylic acids is 1. The second-order valence-electron chi connectivity index (χ2n) is 8.24. The quantitative estimate of drug-likeness (QED) is 0.801. The summed E-state index contributed by atoms with van der Waals surface area (Å²) >= 11 is 0. The zero-order chi connectivity index (χ0) is 19.5. The van der Waals surface area contributed by atoms with Crippen molar-refractivity contribution in [1.82, 2.24) is 10.3 Å². The van der Waals surface area contributed by atoms with Crippen molar-refractivity contribution in [2.24, 2.45) is 11.7 Å². The van der Waals surface area contributed by atoms with Crippen molar-refractivity contribution < 1.29 is 9.53 Å². The van der Waals surface area contributed by atoms with E-state index < -0.39 is 5.91 Å². The maximum Gasteiger partial charge on any atom is 0.250 e. The molecule has 1 unspecified atom stereocenters. The van der Waals surface area contributed by atoms with Crippen LogP contribution in [0.2, 0.25) is 0 Å². The third kappa shape index (κ3) is 4.20. The number of carbonyl (C=O) groups is 1. The van der Waals surface area contributed by atoms with Gasteiger partial charge in [0.15, 0.2) is 0 Å². The standard InChI is InChI=1S/C23H29N3O2/c1-15-8-11-17(12-9-15)26-20-6-2-5-19-18(20)4-3-7-21(19)28-22-13-10-16(14-25-22)23(24)27/h3-4,7,10,13-15,17,20,26H,2,5-6,8-9,11-12H2,1H3,(H2,24,27). The Morgan fingerprint density at radius 3 is 2.68 bits per heavy atom. The molecule has 1 atom stereocenters. The minimum Gasteiger partial charge on any atom is -0.439 e. The fourth-order valence-corrected chi connectivity index (χ4v) is 4.49. The molecule has 5 nitrogen and oxygen atoms in total. The van der Waals surface area contributed by atoms with E-state index in [2.05, 4.69) is 29.4 Å². The Morgan fingerprint density at radius 2 is 1.96 bits per heavy atom. The second kappa shape index (κ2) is 8.31. The van der Waals surface area contributed by atoms with Gasteiger partial charge in [0, 0.05) is 24.3 Å². The topological polar surface area (TPSA) is 77.2 Å². The van der Waals surface area contributed by atoms with Crippen molar-refractivity contribution in [2.45, 2.75) is 64.0 Å². The van der Waals surface area contributed by atoms with E-state index in [-0.39, 0.29) is 0 Å². The molecule has 5 heteroatoms. The summed E-state index contributed by atoms with van der Waals surface area (Å²) in [4.78, 5) is 15.4. The maximum atomic E-state index is 11.2. The van der Waals surface area contributed by atoms with Crippen molar-refractivity contribution >= 4 is 5.91 Å². The van der Waals surface area contributed by atoms with Crippen molar-refractivity contribution in [3.8, 4) is 11.6 Å². The van der Waals surface area contributed by atoms with E-state index in [1.807, 2.05) is 6.07 Å². The van der Waals surface area contributed by atoms with Crippen LogP contribution in [0.25, 0.3) is 0 Å². The van der Waals surface area contributed by atoms with Gasteiger partial charge in [-0.25, -0.2) is 4.98 Å². The molecule has 1 amide bonds. The molecular formula is C23H29N3O2. The van der Waals surface area contributed by atoms with Crippen molar-refractivity contribution in [2.75, 3.05) is 0 Å². The van der Waals surface area contributed by atoms with Gasteiger partial charge in [-0.1, -0.05) is 19.1 Å². The first-order valence-corrected chi connectivity index (χ1v) is 10.4. The zero-order valence-corrected chi connectivity index (χ0v) is 16.5. The molecular weight excluding hydrogens is 350 g/mol. The monoisotopic (exact) mass is 379 g/mol. The number of nitrogens with one attached hydrogen (secondary N) is 1. The van der Waals surface area contributed by atoms with E-state index in [9.17, 15) is 4.79 Å². The summed E-state index contributed by atoms with van der Waals surface area (Å²) in [5.74, 6) is 1.72. The highest BCUT2D eigenvalue weighted by atomic mass is 16.5. The van der Waals surface area contributed by atoms with E-state index >= 15 is 0 Å². The average molecular weight is 380 g/mol. The Balaban J connectivity index is 1.51. The molecule has 1 fully saturated rings. The first-order valence-electron chi connectivity index (χ1n) is 10.4. The number of hydrogen-bond acceptors (Lipinski definition) is 4. The predicted molar refractivity (Wildman–Crippen MR) is 110 cm³/mol. The minimum atomic E-state index is -0.484. The van der Waals surface area contributed by atoms with E-state index in [0.717, 1.165) is 24.5 Å². The molecule has 1 aromatic heterocycles. The van der Waals surface area contributed by atoms with Crippen LogP contribution in [0.1, 0.15) is 73.0 Å². The Bertz CT molecular complexity index is 826. The van der Waals surface area contributed by atoms with Gasteiger partial charge >= 0.3 is 0 Å². The summed E-state index contributed by atoms with van der Waals surface area (Å²) in [6.07, 6.45) is 10.0. The van der Waals surface area contributed by atoms with Crippen LogP contribution in [0.15, 0.2) is 36.5 Å². The lowest BCUT2D eigenvalue weighted by molar-refractivity contribution is 0.1000. The lowest BCUT2D eigenvalue weighted by Gasteiger charge is -2.34. The number of primary amides is 1. The van der Waals surface area contributed by atoms with Crippen LogP contribution in [0, 0.1) is 5.92 Å². The Morgan fingerprint density at radius 1 is 1.14 bits per heavy atom. The van der Waals surface area contributed by atoms with Gasteiger partial charge in [-0.3, -0.25) is 4.79 Å². The number of aromatic nitrogens is 1. The van der Waals surface area contributed by atoms with Gasteiger partial charge in [0.2, 0.25) is 11.8 Å². The second-order valence-corrected chi connectivity index (χ2v) is 8.24. The normalized spacial score (nSPS) is 24.4. The van der Waals surface area contributed by atoms with Crippen molar-refractivity contribution in [3.63, 3.8) is 0 Å². The fraction of sp³-hybridized carbons (Fsp3) is 0.478. The van der Waals surface area contributed by atoms with Gasteiger partial charge in [-0.05, 0) is 74.1 Å². The molecule has 4 rings (SSSR count). The number of hydrogen-bond donors (Lipinski definition) is 2. The van der Waals surface area contributed by atoms with E-state index in [4.69, 9.17) is 10.5 Å². The Hall–Kier alpha value is -2.40. The number of amides is 1. The summed E-state index contributed by atoms with van der Waals surface area (Å²) < 4.78 is 6.07. The zero-order valence-electron chi connectivity index (χ0n) is 16.5. The first kappa shape index (κ1) is 18.9. The molecule has 0 saturated heterocycles. The molecule has 3 N–H and O–H groups in total.